The van der Waals surface area contributed by atoms with Crippen molar-refractivity contribution in [3.8, 4) is 6.07 Å². The molecule has 0 saturated carbocycles. The second kappa shape index (κ2) is 7.77. The summed E-state index contributed by atoms with van der Waals surface area (Å²) in [5.74, 6) is 0.428. The quantitative estimate of drug-likeness (QED) is 0.833. The molecule has 1 aliphatic heterocycles. The average molecular weight is 369 g/mol. The molecule has 3 rings (SSSR count). The van der Waals surface area contributed by atoms with Crippen LogP contribution in [0.2, 0.25) is 5.02 Å². The first kappa shape index (κ1) is 17.6. The van der Waals surface area contributed by atoms with E-state index in [2.05, 4.69) is 11.4 Å². The Labute approximate surface area is 156 Å². The highest BCUT2D eigenvalue weighted by molar-refractivity contribution is 8.02. The predicted octanol–water partition coefficient (Wildman–Crippen LogP) is 4.92. The minimum Gasteiger partial charge on any atom is -0.320 e. The lowest BCUT2D eigenvalue weighted by Crippen LogP contribution is -2.31. The molecule has 5 heteroatoms. The van der Waals surface area contributed by atoms with Crippen molar-refractivity contribution >= 4 is 29.3 Å². The van der Waals surface area contributed by atoms with Crippen LogP contribution in [-0.2, 0) is 10.5 Å². The number of carbonyl (C=O) groups is 1. The van der Waals surface area contributed by atoms with Crippen LogP contribution in [0.3, 0.4) is 0 Å². The van der Waals surface area contributed by atoms with Gasteiger partial charge in [0.05, 0.1) is 16.7 Å². The van der Waals surface area contributed by atoms with Crippen molar-refractivity contribution in [2.75, 3.05) is 0 Å². The van der Waals surface area contributed by atoms with E-state index in [1.807, 2.05) is 55.5 Å². The van der Waals surface area contributed by atoms with E-state index in [9.17, 15) is 10.1 Å². The largest absolute Gasteiger partial charge is 0.320 e. The van der Waals surface area contributed by atoms with E-state index >= 15 is 0 Å². The van der Waals surface area contributed by atoms with E-state index in [-0.39, 0.29) is 11.8 Å². The standard InChI is InChI=1S/C20H17ClN2OS/c1-13-4-2-3-5-16(13)17-10-19(24)23-20(18(17)11-22)25-12-14-6-8-15(21)9-7-14/h2-9,17H,10,12H2,1H3,(H,23,24)/t17-/m1/s1. The van der Waals surface area contributed by atoms with Crippen molar-refractivity contribution in [3.63, 3.8) is 0 Å². The van der Waals surface area contributed by atoms with Crippen molar-refractivity contribution in [3.05, 3.63) is 80.8 Å². The van der Waals surface area contributed by atoms with Crippen LogP contribution in [0.1, 0.15) is 29.0 Å². The molecule has 0 aliphatic carbocycles. The van der Waals surface area contributed by atoms with Crippen molar-refractivity contribution < 1.29 is 4.79 Å². The summed E-state index contributed by atoms with van der Waals surface area (Å²) in [4.78, 5) is 12.2. The third-order valence-corrected chi connectivity index (χ3v) is 5.56. The molecule has 1 atom stereocenters. The highest BCUT2D eigenvalue weighted by atomic mass is 35.5. The van der Waals surface area contributed by atoms with Crippen LogP contribution in [0.5, 0.6) is 0 Å². The maximum Gasteiger partial charge on any atom is 0.225 e. The fraction of sp³-hybridized carbons (Fsp3) is 0.200. The van der Waals surface area contributed by atoms with E-state index in [0.29, 0.717) is 27.8 Å². The van der Waals surface area contributed by atoms with Crippen molar-refractivity contribution in [2.45, 2.75) is 25.0 Å². The number of allylic oxidation sites excluding steroid dienone is 1. The zero-order valence-corrected chi connectivity index (χ0v) is 15.3. The Balaban J connectivity index is 1.89. The lowest BCUT2D eigenvalue weighted by Gasteiger charge is -2.26. The first-order chi connectivity index (χ1) is 12.1. The summed E-state index contributed by atoms with van der Waals surface area (Å²) >= 11 is 7.39. The molecule has 126 valence electrons. The first-order valence-corrected chi connectivity index (χ1v) is 9.31. The van der Waals surface area contributed by atoms with Gasteiger partial charge >= 0.3 is 0 Å². The monoisotopic (exact) mass is 368 g/mol. The number of carbonyl (C=O) groups excluding carboxylic acids is 1. The number of halogens is 1. The number of hydrogen-bond donors (Lipinski definition) is 1. The van der Waals surface area contributed by atoms with E-state index in [0.717, 1.165) is 16.7 Å². The second-order valence-corrected chi connectivity index (χ2v) is 7.35. The molecule has 1 N–H and O–H groups in total. The first-order valence-electron chi connectivity index (χ1n) is 7.95. The third-order valence-electron chi connectivity index (χ3n) is 4.22. The van der Waals surface area contributed by atoms with Crippen LogP contribution in [0.15, 0.2) is 59.1 Å². The van der Waals surface area contributed by atoms with E-state index < -0.39 is 0 Å². The SMILES string of the molecule is Cc1ccccc1[C@H]1CC(=O)NC(SCc2ccc(Cl)cc2)=C1C#N. The van der Waals surface area contributed by atoms with Crippen LogP contribution in [0.25, 0.3) is 0 Å². The summed E-state index contributed by atoms with van der Waals surface area (Å²) < 4.78 is 0. The number of nitriles is 1. The molecule has 0 bridgehead atoms. The molecule has 0 aromatic heterocycles. The molecule has 3 nitrogen and oxygen atoms in total. The molecule has 0 fully saturated rings. The number of amides is 1. The van der Waals surface area contributed by atoms with Crippen molar-refractivity contribution in [1.29, 1.82) is 5.26 Å². The van der Waals surface area contributed by atoms with E-state index in [1.54, 1.807) is 0 Å². The molecule has 0 radical (unpaired) electrons. The van der Waals surface area contributed by atoms with Gasteiger partial charge < -0.3 is 5.32 Å². The molecule has 2 aromatic rings. The van der Waals surface area contributed by atoms with E-state index in [1.165, 1.54) is 11.8 Å². The van der Waals surface area contributed by atoms with Crippen LogP contribution in [0.4, 0.5) is 0 Å². The molecule has 2 aromatic carbocycles. The second-order valence-electron chi connectivity index (χ2n) is 5.93. The topological polar surface area (TPSA) is 52.9 Å². The summed E-state index contributed by atoms with van der Waals surface area (Å²) in [6.07, 6.45) is 0.304. The Kier molecular flexibility index (Phi) is 5.47. The van der Waals surface area contributed by atoms with Crippen LogP contribution >= 0.6 is 23.4 Å². The van der Waals surface area contributed by atoms with Gasteiger partial charge in [-0.15, -0.1) is 11.8 Å². The summed E-state index contributed by atoms with van der Waals surface area (Å²) in [6.45, 7) is 2.01. The molecule has 1 heterocycles. The molecule has 0 unspecified atom stereocenters. The Morgan fingerprint density at radius 1 is 1.24 bits per heavy atom. The fourth-order valence-electron chi connectivity index (χ4n) is 2.91. The highest BCUT2D eigenvalue weighted by Gasteiger charge is 2.30. The van der Waals surface area contributed by atoms with Gasteiger partial charge in [0.1, 0.15) is 0 Å². The third kappa shape index (κ3) is 4.07. The lowest BCUT2D eigenvalue weighted by atomic mass is 9.85. The summed E-state index contributed by atoms with van der Waals surface area (Å²) in [5, 5.41) is 13.9. The lowest BCUT2D eigenvalue weighted by molar-refractivity contribution is -0.120. The molecule has 0 spiro atoms. The fourth-order valence-corrected chi connectivity index (χ4v) is 4.07. The van der Waals surface area contributed by atoms with Gasteiger partial charge in [-0.3, -0.25) is 4.79 Å². The smallest absolute Gasteiger partial charge is 0.225 e. The molecule has 1 amide bonds. The van der Waals surface area contributed by atoms with Crippen LogP contribution < -0.4 is 5.32 Å². The van der Waals surface area contributed by atoms with Gasteiger partial charge in [-0.2, -0.15) is 5.26 Å². The minimum atomic E-state index is -0.187. The molecule has 1 aliphatic rings. The van der Waals surface area contributed by atoms with Gasteiger partial charge in [0.15, 0.2) is 0 Å². The maximum absolute atomic E-state index is 12.2. The number of benzene rings is 2. The molecular weight excluding hydrogens is 352 g/mol. The zero-order valence-electron chi connectivity index (χ0n) is 13.8. The maximum atomic E-state index is 12.2. The normalized spacial score (nSPS) is 17.2. The van der Waals surface area contributed by atoms with Crippen LogP contribution in [-0.4, -0.2) is 5.91 Å². The number of hydrogen-bond acceptors (Lipinski definition) is 3. The molecule has 0 saturated heterocycles. The zero-order chi connectivity index (χ0) is 17.8. The van der Waals surface area contributed by atoms with Gasteiger partial charge in [-0.1, -0.05) is 48.0 Å². The molecular formula is C20H17ClN2OS. The highest BCUT2D eigenvalue weighted by Crippen LogP contribution is 2.37. The number of nitrogens with one attached hydrogen (secondary N) is 1. The van der Waals surface area contributed by atoms with Gasteiger partial charge in [0.25, 0.3) is 0 Å². The Bertz CT molecular complexity index is 868. The van der Waals surface area contributed by atoms with Gasteiger partial charge in [0.2, 0.25) is 5.91 Å². The van der Waals surface area contributed by atoms with Crippen LogP contribution in [0, 0.1) is 18.3 Å². The van der Waals surface area contributed by atoms with Gasteiger partial charge in [-0.25, -0.2) is 0 Å². The summed E-state index contributed by atoms with van der Waals surface area (Å²) in [6, 6.07) is 17.8. The number of rotatable bonds is 4. The Morgan fingerprint density at radius 3 is 2.64 bits per heavy atom. The average Bonchev–Trinajstić information content (AvgIpc) is 2.61. The predicted molar refractivity (Wildman–Crippen MR) is 102 cm³/mol. The Hall–Kier alpha value is -2.22. The minimum absolute atomic E-state index is 0.0501. The van der Waals surface area contributed by atoms with Gasteiger partial charge in [0, 0.05) is 23.1 Å². The summed E-state index contributed by atoms with van der Waals surface area (Å²) in [7, 11) is 0. The summed E-state index contributed by atoms with van der Waals surface area (Å²) in [5.41, 5.74) is 3.86. The van der Waals surface area contributed by atoms with Gasteiger partial charge in [-0.05, 0) is 35.7 Å². The van der Waals surface area contributed by atoms with Crippen molar-refractivity contribution in [2.24, 2.45) is 0 Å². The number of nitrogens with zero attached hydrogens (tertiary/aromatic N) is 1. The van der Waals surface area contributed by atoms with E-state index in [4.69, 9.17) is 11.6 Å². The number of aryl methyl sites for hydroxylation is 1. The molecule has 25 heavy (non-hydrogen) atoms. The number of thioether (sulfide) groups is 1. The van der Waals surface area contributed by atoms with Crippen molar-refractivity contribution in [1.82, 2.24) is 5.32 Å². The Morgan fingerprint density at radius 2 is 1.96 bits per heavy atom.